The molecule has 1 saturated heterocycles. The minimum Gasteiger partial charge on any atom is -0.375 e. The highest BCUT2D eigenvalue weighted by Crippen LogP contribution is 2.21. The van der Waals surface area contributed by atoms with Crippen molar-refractivity contribution in [3.63, 3.8) is 0 Å². The van der Waals surface area contributed by atoms with E-state index in [0.29, 0.717) is 44.6 Å². The number of benzene rings is 1. The van der Waals surface area contributed by atoms with E-state index >= 15 is 0 Å². The summed E-state index contributed by atoms with van der Waals surface area (Å²) in [5, 5.41) is 5.65. The molecule has 0 atom stereocenters. The molecule has 0 aliphatic carbocycles. The van der Waals surface area contributed by atoms with Crippen LogP contribution in [0, 0.1) is 5.92 Å². The van der Waals surface area contributed by atoms with Crippen molar-refractivity contribution >= 4 is 27.5 Å². The Bertz CT molecular complexity index is 789. The summed E-state index contributed by atoms with van der Waals surface area (Å²) < 4.78 is 30.8. The van der Waals surface area contributed by atoms with Crippen LogP contribution >= 0.6 is 0 Å². The van der Waals surface area contributed by atoms with Crippen molar-refractivity contribution < 1.29 is 22.7 Å². The van der Waals surface area contributed by atoms with Crippen LogP contribution in [0.5, 0.6) is 0 Å². The normalized spacial score (nSPS) is 15.8. The fourth-order valence-corrected chi connectivity index (χ4v) is 4.95. The van der Waals surface area contributed by atoms with E-state index in [-0.39, 0.29) is 30.1 Å². The maximum atomic E-state index is 12.5. The number of nitrogens with zero attached hydrogens (tertiary/aromatic N) is 1. The summed E-state index contributed by atoms with van der Waals surface area (Å²) in [7, 11) is -1.76. The Morgan fingerprint density at radius 1 is 1.24 bits per heavy atom. The number of hydrogen-bond acceptors (Lipinski definition) is 5. The molecule has 0 spiro atoms. The average molecular weight is 426 g/mol. The molecule has 1 aromatic rings. The average Bonchev–Trinajstić information content (AvgIpc) is 2.71. The highest BCUT2D eigenvalue weighted by molar-refractivity contribution is 7.89. The zero-order valence-corrected chi connectivity index (χ0v) is 18.0. The third-order valence-electron chi connectivity index (χ3n) is 4.93. The van der Waals surface area contributed by atoms with Crippen molar-refractivity contribution in [1.29, 1.82) is 0 Å². The van der Waals surface area contributed by atoms with Crippen LogP contribution < -0.4 is 10.6 Å². The summed E-state index contributed by atoms with van der Waals surface area (Å²) in [5.41, 5.74) is 1.51. The Labute approximate surface area is 173 Å². The third-order valence-corrected chi connectivity index (χ3v) is 6.88. The number of carbonyl (C=O) groups excluding carboxylic acids is 2. The number of anilines is 1. The second-order valence-corrected chi connectivity index (χ2v) is 9.33. The molecule has 0 radical (unpaired) electrons. The number of ether oxygens (including phenoxy) is 1. The van der Waals surface area contributed by atoms with Crippen LogP contribution in [0.3, 0.4) is 0 Å². The molecule has 2 N–H and O–H groups in total. The molecular weight excluding hydrogens is 394 g/mol. The van der Waals surface area contributed by atoms with Gasteiger partial charge in [-0.1, -0.05) is 25.5 Å². The number of amides is 2. The molecule has 0 bridgehead atoms. The molecule has 9 heteroatoms. The van der Waals surface area contributed by atoms with Gasteiger partial charge in [0.15, 0.2) is 0 Å². The summed E-state index contributed by atoms with van der Waals surface area (Å²) >= 11 is 0. The number of carbonyl (C=O) groups is 2. The molecule has 1 aromatic carbocycles. The number of nitrogens with one attached hydrogen (secondary N) is 2. The van der Waals surface area contributed by atoms with Crippen LogP contribution in [0.4, 0.5) is 5.69 Å². The van der Waals surface area contributed by atoms with Gasteiger partial charge in [-0.25, -0.2) is 12.7 Å². The van der Waals surface area contributed by atoms with Gasteiger partial charge in [0.1, 0.15) is 6.61 Å². The lowest BCUT2D eigenvalue weighted by Gasteiger charge is -2.30. The molecule has 2 rings (SSSR count). The summed E-state index contributed by atoms with van der Waals surface area (Å²) in [6.07, 6.45) is 2.57. The van der Waals surface area contributed by atoms with Crippen LogP contribution in [0.1, 0.15) is 38.2 Å². The number of hydrogen-bond donors (Lipinski definition) is 2. The van der Waals surface area contributed by atoms with Crippen molar-refractivity contribution in [2.24, 2.45) is 5.92 Å². The van der Waals surface area contributed by atoms with Gasteiger partial charge in [0.25, 0.3) is 0 Å². The summed E-state index contributed by atoms with van der Waals surface area (Å²) in [5.74, 6) is -0.312. The molecule has 1 fully saturated rings. The lowest BCUT2D eigenvalue weighted by Crippen LogP contribution is -2.43. The minimum atomic E-state index is -3.21. The first-order valence-electron chi connectivity index (χ1n) is 9.99. The van der Waals surface area contributed by atoms with Crippen LogP contribution in [-0.2, 0) is 30.9 Å². The molecule has 8 nitrogen and oxygen atoms in total. The van der Waals surface area contributed by atoms with Gasteiger partial charge in [-0.2, -0.15) is 0 Å². The number of unbranched alkanes of at least 4 members (excludes halogenated alkanes) is 1. The van der Waals surface area contributed by atoms with Gasteiger partial charge in [0.2, 0.25) is 21.8 Å². The minimum absolute atomic E-state index is 0.0200. The van der Waals surface area contributed by atoms with E-state index in [0.717, 1.165) is 12.0 Å². The first kappa shape index (κ1) is 23.3. The van der Waals surface area contributed by atoms with E-state index < -0.39 is 10.0 Å². The number of rotatable bonds is 10. The molecule has 1 heterocycles. The Hall–Kier alpha value is -1.97. The van der Waals surface area contributed by atoms with Gasteiger partial charge < -0.3 is 15.4 Å². The fourth-order valence-electron chi connectivity index (χ4n) is 3.27. The van der Waals surface area contributed by atoms with Gasteiger partial charge in [-0.15, -0.1) is 0 Å². The Kier molecular flexibility index (Phi) is 9.06. The first-order valence-corrected chi connectivity index (χ1v) is 11.6. The van der Waals surface area contributed by atoms with Crippen molar-refractivity contribution in [1.82, 2.24) is 9.62 Å². The predicted octanol–water partition coefficient (Wildman–Crippen LogP) is 1.73. The molecule has 1 aliphatic rings. The van der Waals surface area contributed by atoms with E-state index in [1.807, 2.05) is 19.1 Å². The van der Waals surface area contributed by atoms with Gasteiger partial charge in [-0.05, 0) is 37.0 Å². The highest BCUT2D eigenvalue weighted by atomic mass is 32.2. The van der Waals surface area contributed by atoms with Gasteiger partial charge in [0.05, 0.1) is 5.75 Å². The summed E-state index contributed by atoms with van der Waals surface area (Å²) in [6, 6.07) is 7.25. The monoisotopic (exact) mass is 425 g/mol. The summed E-state index contributed by atoms with van der Waals surface area (Å²) in [4.78, 5) is 24.1. The van der Waals surface area contributed by atoms with Crippen molar-refractivity contribution in [2.75, 3.05) is 37.9 Å². The molecule has 162 valence electrons. The van der Waals surface area contributed by atoms with Crippen molar-refractivity contribution in [3.05, 3.63) is 29.8 Å². The topological polar surface area (TPSA) is 105 Å². The van der Waals surface area contributed by atoms with Crippen LogP contribution in [0.25, 0.3) is 0 Å². The lowest BCUT2D eigenvalue weighted by atomic mass is 9.97. The molecule has 0 saturated carbocycles. The van der Waals surface area contributed by atoms with Crippen LogP contribution in [0.2, 0.25) is 0 Å². The van der Waals surface area contributed by atoms with Crippen LogP contribution in [0.15, 0.2) is 24.3 Å². The Balaban J connectivity index is 1.81. The Morgan fingerprint density at radius 2 is 1.97 bits per heavy atom. The Morgan fingerprint density at radius 3 is 2.62 bits per heavy atom. The molecule has 2 amide bonds. The molecule has 1 aliphatic heterocycles. The fraction of sp³-hybridized carbons (Fsp3) is 0.600. The number of sulfonamides is 1. The smallest absolute Gasteiger partial charge is 0.250 e. The van der Waals surface area contributed by atoms with E-state index in [9.17, 15) is 18.0 Å². The van der Waals surface area contributed by atoms with Crippen molar-refractivity contribution in [2.45, 2.75) is 39.2 Å². The quantitative estimate of drug-likeness (QED) is 0.594. The second kappa shape index (κ2) is 11.3. The second-order valence-electron chi connectivity index (χ2n) is 7.24. The zero-order valence-electron chi connectivity index (χ0n) is 17.1. The van der Waals surface area contributed by atoms with E-state index in [2.05, 4.69) is 10.6 Å². The van der Waals surface area contributed by atoms with Crippen molar-refractivity contribution in [3.8, 4) is 0 Å². The van der Waals surface area contributed by atoms with Gasteiger partial charge >= 0.3 is 0 Å². The molecule has 29 heavy (non-hydrogen) atoms. The maximum Gasteiger partial charge on any atom is 0.250 e. The van der Waals surface area contributed by atoms with E-state index in [1.165, 1.54) is 11.4 Å². The maximum absolute atomic E-state index is 12.5. The lowest BCUT2D eigenvalue weighted by molar-refractivity contribution is -0.126. The highest BCUT2D eigenvalue weighted by Gasteiger charge is 2.30. The van der Waals surface area contributed by atoms with E-state index in [4.69, 9.17) is 4.74 Å². The molecular formula is C20H31N3O5S. The standard InChI is InChI=1S/C20H31N3O5S/c1-3-4-12-29(26,27)23-10-8-17(9-11-23)20(25)21-14-16-6-5-7-18(13-16)22-19(24)15-28-2/h5-7,13,17H,3-4,8-12,14-15H2,1-2H3,(H,21,25)(H,22,24). The van der Waals surface area contributed by atoms with Gasteiger partial charge in [0, 0.05) is 38.3 Å². The SMILES string of the molecule is CCCCS(=O)(=O)N1CCC(C(=O)NCc2cccc(NC(=O)COC)c2)CC1. The largest absolute Gasteiger partial charge is 0.375 e. The zero-order chi connectivity index (χ0) is 21.3. The first-order chi connectivity index (χ1) is 13.9. The predicted molar refractivity (Wildman–Crippen MR) is 112 cm³/mol. The third kappa shape index (κ3) is 7.41. The number of piperidine rings is 1. The molecule has 0 aromatic heterocycles. The van der Waals surface area contributed by atoms with E-state index in [1.54, 1.807) is 12.1 Å². The van der Waals surface area contributed by atoms with Crippen LogP contribution in [-0.4, -0.2) is 57.1 Å². The number of methoxy groups -OCH3 is 1. The molecule has 0 unspecified atom stereocenters. The van der Waals surface area contributed by atoms with Gasteiger partial charge in [-0.3, -0.25) is 9.59 Å². The summed E-state index contributed by atoms with van der Waals surface area (Å²) in [6.45, 7) is 3.08.